The van der Waals surface area contributed by atoms with Crippen molar-refractivity contribution in [3.05, 3.63) is 72.3 Å². The molecular formula is C21H22N4O. The third-order valence-corrected chi connectivity index (χ3v) is 5.06. The van der Waals surface area contributed by atoms with Gasteiger partial charge in [0.2, 0.25) is 0 Å². The van der Waals surface area contributed by atoms with Gasteiger partial charge in [0.15, 0.2) is 0 Å². The van der Waals surface area contributed by atoms with Gasteiger partial charge in [-0.05, 0) is 48.2 Å². The quantitative estimate of drug-likeness (QED) is 0.710. The Kier molecular flexibility index (Phi) is 4.44. The summed E-state index contributed by atoms with van der Waals surface area (Å²) in [5.41, 5.74) is 9.40. The summed E-state index contributed by atoms with van der Waals surface area (Å²) in [6.07, 6.45) is 5.54. The first-order chi connectivity index (χ1) is 12.7. The van der Waals surface area contributed by atoms with Gasteiger partial charge in [-0.15, -0.1) is 0 Å². The van der Waals surface area contributed by atoms with Crippen molar-refractivity contribution >= 4 is 11.6 Å². The zero-order chi connectivity index (χ0) is 17.9. The molecule has 1 saturated heterocycles. The van der Waals surface area contributed by atoms with E-state index in [-0.39, 0.29) is 5.91 Å². The molecule has 0 spiro atoms. The number of benzene rings is 2. The molecule has 1 amide bonds. The number of likely N-dealkylation sites (tertiary alicyclic amines) is 1. The number of aromatic amines is 1. The van der Waals surface area contributed by atoms with Gasteiger partial charge in [-0.1, -0.05) is 24.3 Å². The van der Waals surface area contributed by atoms with Crippen molar-refractivity contribution < 1.29 is 4.79 Å². The molecule has 1 aromatic heterocycles. The average molecular weight is 346 g/mol. The van der Waals surface area contributed by atoms with Crippen LogP contribution in [-0.2, 0) is 0 Å². The Balaban J connectivity index is 1.41. The zero-order valence-electron chi connectivity index (χ0n) is 14.6. The number of carbonyl (C=O) groups excluding carboxylic acids is 1. The highest BCUT2D eigenvalue weighted by atomic mass is 16.2. The molecule has 5 nitrogen and oxygen atoms in total. The lowest BCUT2D eigenvalue weighted by Crippen LogP contribution is -2.38. The lowest BCUT2D eigenvalue weighted by molar-refractivity contribution is 0.0711. The number of carbonyl (C=O) groups is 1. The minimum atomic E-state index is 0.103. The monoisotopic (exact) mass is 346 g/mol. The van der Waals surface area contributed by atoms with E-state index in [2.05, 4.69) is 9.97 Å². The smallest absolute Gasteiger partial charge is 0.253 e. The fourth-order valence-electron chi connectivity index (χ4n) is 3.52. The SMILES string of the molecule is Nc1ccc(-c2ccc(C(=O)N3CCC(c4ncc[nH]4)CC3)cc2)cc1. The first-order valence-electron chi connectivity index (χ1n) is 8.95. The molecule has 3 N–H and O–H groups in total. The first-order valence-corrected chi connectivity index (χ1v) is 8.95. The molecule has 1 aliphatic rings. The molecule has 0 unspecified atom stereocenters. The number of nitrogens with zero attached hydrogens (tertiary/aromatic N) is 2. The van der Waals surface area contributed by atoms with Gasteiger partial charge >= 0.3 is 0 Å². The number of hydrogen-bond donors (Lipinski definition) is 2. The summed E-state index contributed by atoms with van der Waals surface area (Å²) >= 11 is 0. The summed E-state index contributed by atoms with van der Waals surface area (Å²) in [5.74, 6) is 1.55. The summed E-state index contributed by atoms with van der Waals surface area (Å²) in [6, 6.07) is 15.6. The molecule has 5 heteroatoms. The molecule has 1 fully saturated rings. The van der Waals surface area contributed by atoms with E-state index in [4.69, 9.17) is 5.73 Å². The normalized spacial score (nSPS) is 15.2. The van der Waals surface area contributed by atoms with Gasteiger partial charge in [0.1, 0.15) is 5.82 Å². The van der Waals surface area contributed by atoms with E-state index in [1.165, 1.54) is 0 Å². The Bertz CT molecular complexity index is 861. The summed E-state index contributed by atoms with van der Waals surface area (Å²) in [5, 5.41) is 0. The lowest BCUT2D eigenvalue weighted by atomic mass is 9.95. The number of rotatable bonds is 3. The molecule has 3 aromatic rings. The number of nitrogen functional groups attached to an aromatic ring is 1. The second kappa shape index (κ2) is 7.04. The van der Waals surface area contributed by atoms with Gasteiger partial charge in [0.25, 0.3) is 5.91 Å². The topological polar surface area (TPSA) is 75.0 Å². The number of anilines is 1. The van der Waals surface area contributed by atoms with Crippen molar-refractivity contribution in [1.82, 2.24) is 14.9 Å². The summed E-state index contributed by atoms with van der Waals surface area (Å²) in [6.45, 7) is 1.54. The molecule has 0 saturated carbocycles. The molecule has 4 rings (SSSR count). The van der Waals surface area contributed by atoms with Crippen LogP contribution in [0, 0.1) is 0 Å². The van der Waals surface area contributed by atoms with E-state index >= 15 is 0 Å². The number of nitrogens with two attached hydrogens (primary N) is 1. The van der Waals surface area contributed by atoms with Crippen LogP contribution in [-0.4, -0.2) is 33.9 Å². The van der Waals surface area contributed by atoms with E-state index in [0.717, 1.165) is 54.1 Å². The molecule has 0 bridgehead atoms. The van der Waals surface area contributed by atoms with E-state index in [1.807, 2.05) is 59.6 Å². The highest BCUT2D eigenvalue weighted by Crippen LogP contribution is 2.27. The second-order valence-electron chi connectivity index (χ2n) is 6.74. The highest BCUT2D eigenvalue weighted by molar-refractivity contribution is 5.94. The van der Waals surface area contributed by atoms with Gasteiger partial charge in [0.05, 0.1) is 0 Å². The third-order valence-electron chi connectivity index (χ3n) is 5.06. The molecule has 0 atom stereocenters. The molecule has 2 aromatic carbocycles. The van der Waals surface area contributed by atoms with E-state index in [1.54, 1.807) is 6.20 Å². The predicted octanol–water partition coefficient (Wildman–Crippen LogP) is 3.68. The van der Waals surface area contributed by atoms with Crippen LogP contribution < -0.4 is 5.73 Å². The van der Waals surface area contributed by atoms with Crippen LogP contribution in [0.15, 0.2) is 60.9 Å². The van der Waals surface area contributed by atoms with Crippen LogP contribution in [0.3, 0.4) is 0 Å². The standard InChI is InChI=1S/C21H22N4O/c22-19-7-5-16(6-8-19)15-1-3-18(4-2-15)21(26)25-13-9-17(10-14-25)20-23-11-12-24-20/h1-8,11-12,17H,9-10,13-14,22H2,(H,23,24). The maximum absolute atomic E-state index is 12.8. The summed E-state index contributed by atoms with van der Waals surface area (Å²) in [7, 11) is 0. The molecule has 26 heavy (non-hydrogen) atoms. The Labute approximate surface area is 152 Å². The number of amides is 1. The number of piperidine rings is 1. The van der Waals surface area contributed by atoms with E-state index in [9.17, 15) is 4.79 Å². The fourth-order valence-corrected chi connectivity index (χ4v) is 3.52. The largest absolute Gasteiger partial charge is 0.399 e. The number of H-pyrrole nitrogens is 1. The second-order valence-corrected chi connectivity index (χ2v) is 6.74. The number of nitrogens with one attached hydrogen (secondary N) is 1. The third kappa shape index (κ3) is 3.33. The Morgan fingerprint density at radius 2 is 1.62 bits per heavy atom. The summed E-state index contributed by atoms with van der Waals surface area (Å²) < 4.78 is 0. The number of hydrogen-bond acceptors (Lipinski definition) is 3. The van der Waals surface area contributed by atoms with Crippen LogP contribution in [0.1, 0.15) is 34.9 Å². The Morgan fingerprint density at radius 1 is 1.00 bits per heavy atom. The maximum Gasteiger partial charge on any atom is 0.253 e. The number of aromatic nitrogens is 2. The van der Waals surface area contributed by atoms with E-state index in [0.29, 0.717) is 5.92 Å². The van der Waals surface area contributed by atoms with Crippen LogP contribution in [0.25, 0.3) is 11.1 Å². The van der Waals surface area contributed by atoms with Gasteiger partial charge in [-0.3, -0.25) is 4.79 Å². The molecule has 1 aliphatic heterocycles. The van der Waals surface area contributed by atoms with Crippen molar-refractivity contribution in [1.29, 1.82) is 0 Å². The van der Waals surface area contributed by atoms with E-state index < -0.39 is 0 Å². The van der Waals surface area contributed by atoms with Gasteiger partial charge in [-0.2, -0.15) is 0 Å². The first kappa shape index (κ1) is 16.4. The zero-order valence-corrected chi connectivity index (χ0v) is 14.6. The minimum Gasteiger partial charge on any atom is -0.399 e. The van der Waals surface area contributed by atoms with Crippen molar-refractivity contribution in [2.24, 2.45) is 0 Å². The Hall–Kier alpha value is -3.08. The molecule has 0 radical (unpaired) electrons. The van der Waals surface area contributed by atoms with Crippen molar-refractivity contribution in [2.45, 2.75) is 18.8 Å². The molecular weight excluding hydrogens is 324 g/mol. The van der Waals surface area contributed by atoms with Crippen LogP contribution in [0.5, 0.6) is 0 Å². The average Bonchev–Trinajstić information content (AvgIpc) is 3.23. The van der Waals surface area contributed by atoms with Crippen LogP contribution >= 0.6 is 0 Å². The lowest BCUT2D eigenvalue weighted by Gasteiger charge is -2.31. The molecule has 132 valence electrons. The van der Waals surface area contributed by atoms with Crippen LogP contribution in [0.4, 0.5) is 5.69 Å². The van der Waals surface area contributed by atoms with Crippen molar-refractivity contribution in [3.8, 4) is 11.1 Å². The summed E-state index contributed by atoms with van der Waals surface area (Å²) in [4.78, 5) is 22.2. The fraction of sp³-hybridized carbons (Fsp3) is 0.238. The van der Waals surface area contributed by atoms with Crippen molar-refractivity contribution in [3.63, 3.8) is 0 Å². The molecule has 0 aliphatic carbocycles. The number of imidazole rings is 1. The van der Waals surface area contributed by atoms with Gasteiger partial charge in [-0.25, -0.2) is 4.98 Å². The minimum absolute atomic E-state index is 0.103. The van der Waals surface area contributed by atoms with Crippen LogP contribution in [0.2, 0.25) is 0 Å². The van der Waals surface area contributed by atoms with Gasteiger partial charge in [0, 0.05) is 42.7 Å². The Morgan fingerprint density at radius 3 is 2.19 bits per heavy atom. The highest BCUT2D eigenvalue weighted by Gasteiger charge is 2.25. The van der Waals surface area contributed by atoms with Crippen molar-refractivity contribution in [2.75, 3.05) is 18.8 Å². The van der Waals surface area contributed by atoms with Gasteiger partial charge < -0.3 is 15.6 Å². The maximum atomic E-state index is 12.8. The predicted molar refractivity (Wildman–Crippen MR) is 103 cm³/mol. The molecule has 2 heterocycles.